The van der Waals surface area contributed by atoms with E-state index in [1.54, 1.807) is 12.1 Å². The van der Waals surface area contributed by atoms with Gasteiger partial charge in [-0.05, 0) is 36.3 Å². The second-order valence-electron chi connectivity index (χ2n) is 4.33. The number of carbonyl (C=O) groups is 1. The summed E-state index contributed by atoms with van der Waals surface area (Å²) in [7, 11) is 1.18. The van der Waals surface area contributed by atoms with Gasteiger partial charge in [-0.15, -0.1) is 0 Å². The molecule has 0 unspecified atom stereocenters. The van der Waals surface area contributed by atoms with E-state index >= 15 is 0 Å². The fourth-order valence-corrected chi connectivity index (χ4v) is 1.69. The van der Waals surface area contributed by atoms with E-state index in [1.807, 2.05) is 0 Å². The predicted molar refractivity (Wildman–Crippen MR) is 77.4 cm³/mol. The van der Waals surface area contributed by atoms with Crippen LogP contribution in [0, 0.1) is 12.0 Å². The minimum Gasteiger partial charge on any atom is -0.452 e. The number of carbonyl (C=O) groups excluding carboxylic acids is 1. The van der Waals surface area contributed by atoms with Gasteiger partial charge in [-0.25, -0.2) is 9.69 Å². The van der Waals surface area contributed by atoms with Crippen LogP contribution in [0.25, 0.3) is 0 Å². The second-order valence-corrected chi connectivity index (χ2v) is 4.33. The SMILES string of the molecule is COC(=O)N(C#Cc1cccc(C(F)(F)F)c1)c1cccnc1. The Kier molecular flexibility index (Phi) is 4.86. The molecule has 4 nitrogen and oxygen atoms in total. The molecular weight excluding hydrogens is 309 g/mol. The third kappa shape index (κ3) is 4.23. The zero-order valence-corrected chi connectivity index (χ0v) is 12.0. The largest absolute Gasteiger partial charge is 0.452 e. The highest BCUT2D eigenvalue weighted by molar-refractivity contribution is 5.91. The van der Waals surface area contributed by atoms with Crippen molar-refractivity contribution in [3.8, 4) is 12.0 Å². The quantitative estimate of drug-likeness (QED) is 0.594. The summed E-state index contributed by atoms with van der Waals surface area (Å²) in [6.07, 6.45) is -2.32. The molecule has 0 aliphatic carbocycles. The number of hydrogen-bond acceptors (Lipinski definition) is 3. The van der Waals surface area contributed by atoms with E-state index in [1.165, 1.54) is 31.6 Å². The molecule has 118 valence electrons. The molecule has 0 saturated heterocycles. The number of rotatable bonds is 1. The summed E-state index contributed by atoms with van der Waals surface area (Å²) >= 11 is 0. The summed E-state index contributed by atoms with van der Waals surface area (Å²) in [6.45, 7) is 0. The van der Waals surface area contributed by atoms with E-state index < -0.39 is 17.8 Å². The Balaban J connectivity index is 2.35. The first kappa shape index (κ1) is 16.4. The van der Waals surface area contributed by atoms with E-state index in [4.69, 9.17) is 0 Å². The number of benzene rings is 1. The van der Waals surface area contributed by atoms with Gasteiger partial charge < -0.3 is 4.74 Å². The summed E-state index contributed by atoms with van der Waals surface area (Å²) < 4.78 is 42.6. The maximum atomic E-state index is 12.7. The zero-order chi connectivity index (χ0) is 16.9. The number of ether oxygens (including phenoxy) is 1. The normalized spacial score (nSPS) is 10.4. The number of hydrogen-bond donors (Lipinski definition) is 0. The van der Waals surface area contributed by atoms with Crippen LogP contribution in [-0.4, -0.2) is 18.2 Å². The average molecular weight is 320 g/mol. The van der Waals surface area contributed by atoms with Crippen molar-refractivity contribution >= 4 is 11.8 Å². The molecule has 1 aromatic carbocycles. The fourth-order valence-electron chi connectivity index (χ4n) is 1.69. The van der Waals surface area contributed by atoms with Crippen molar-refractivity contribution in [3.05, 3.63) is 59.9 Å². The Labute approximate surface area is 130 Å². The van der Waals surface area contributed by atoms with Crippen molar-refractivity contribution in [2.24, 2.45) is 0 Å². The number of anilines is 1. The molecule has 0 aliphatic heterocycles. The number of amides is 1. The van der Waals surface area contributed by atoms with Crippen LogP contribution < -0.4 is 4.90 Å². The first-order valence-electron chi connectivity index (χ1n) is 6.39. The molecule has 0 aliphatic rings. The molecule has 0 atom stereocenters. The molecule has 1 heterocycles. The van der Waals surface area contributed by atoms with Gasteiger partial charge in [0.15, 0.2) is 0 Å². The number of alkyl halides is 3. The third-order valence-electron chi connectivity index (χ3n) is 2.76. The number of nitrogens with zero attached hydrogens (tertiary/aromatic N) is 2. The van der Waals surface area contributed by atoms with E-state index in [9.17, 15) is 18.0 Å². The van der Waals surface area contributed by atoms with Crippen LogP contribution in [0.5, 0.6) is 0 Å². The second kappa shape index (κ2) is 6.83. The van der Waals surface area contributed by atoms with Gasteiger partial charge in [0, 0.05) is 17.8 Å². The van der Waals surface area contributed by atoms with Crippen LogP contribution >= 0.6 is 0 Å². The standard InChI is InChI=1S/C16H11F3N2O2/c1-23-15(22)21(14-6-3-8-20-11-14)9-7-12-4-2-5-13(10-12)16(17,18)19/h2-6,8,10-11H,1H3. The maximum Gasteiger partial charge on any atom is 0.426 e. The highest BCUT2D eigenvalue weighted by Crippen LogP contribution is 2.29. The van der Waals surface area contributed by atoms with Gasteiger partial charge in [-0.2, -0.15) is 13.2 Å². The van der Waals surface area contributed by atoms with E-state index in [2.05, 4.69) is 21.7 Å². The molecule has 0 fully saturated rings. The van der Waals surface area contributed by atoms with Crippen molar-refractivity contribution in [3.63, 3.8) is 0 Å². The summed E-state index contributed by atoms with van der Waals surface area (Å²) in [4.78, 5) is 16.6. The van der Waals surface area contributed by atoms with Crippen LogP contribution in [0.1, 0.15) is 11.1 Å². The average Bonchev–Trinajstić information content (AvgIpc) is 2.55. The van der Waals surface area contributed by atoms with Crippen molar-refractivity contribution < 1.29 is 22.7 Å². The number of pyridine rings is 1. The first-order valence-corrected chi connectivity index (χ1v) is 6.39. The number of methoxy groups -OCH3 is 1. The Morgan fingerprint density at radius 3 is 2.65 bits per heavy atom. The Morgan fingerprint density at radius 2 is 2.04 bits per heavy atom. The van der Waals surface area contributed by atoms with Crippen molar-refractivity contribution in [1.29, 1.82) is 0 Å². The van der Waals surface area contributed by atoms with Crippen LogP contribution in [0.2, 0.25) is 0 Å². The summed E-state index contributed by atoms with van der Waals surface area (Å²) in [6, 6.07) is 10.2. The molecule has 0 N–H and O–H groups in total. The van der Waals surface area contributed by atoms with Crippen LogP contribution in [0.3, 0.4) is 0 Å². The predicted octanol–water partition coefficient (Wildman–Crippen LogP) is 3.68. The maximum absolute atomic E-state index is 12.7. The molecule has 2 aromatic rings. The number of halogens is 3. The van der Waals surface area contributed by atoms with Gasteiger partial charge in [-0.3, -0.25) is 4.98 Å². The topological polar surface area (TPSA) is 42.4 Å². The molecule has 1 aromatic heterocycles. The Morgan fingerprint density at radius 1 is 1.26 bits per heavy atom. The Hall–Kier alpha value is -3.01. The van der Waals surface area contributed by atoms with Crippen LogP contribution in [-0.2, 0) is 10.9 Å². The minimum absolute atomic E-state index is 0.123. The van der Waals surface area contributed by atoms with Crippen molar-refractivity contribution in [2.75, 3.05) is 12.0 Å². The third-order valence-corrected chi connectivity index (χ3v) is 2.76. The van der Waals surface area contributed by atoms with Gasteiger partial charge in [0.1, 0.15) is 0 Å². The monoisotopic (exact) mass is 320 g/mol. The highest BCUT2D eigenvalue weighted by Gasteiger charge is 2.30. The summed E-state index contributed by atoms with van der Waals surface area (Å²) in [5, 5.41) is 0. The van der Waals surface area contributed by atoms with E-state index in [0.29, 0.717) is 5.69 Å². The molecular formula is C16H11F3N2O2. The van der Waals surface area contributed by atoms with Crippen LogP contribution in [0.15, 0.2) is 48.8 Å². The molecule has 0 spiro atoms. The van der Waals surface area contributed by atoms with Crippen molar-refractivity contribution in [1.82, 2.24) is 4.98 Å². The van der Waals surface area contributed by atoms with Gasteiger partial charge in [0.25, 0.3) is 0 Å². The van der Waals surface area contributed by atoms with Crippen LogP contribution in [0.4, 0.5) is 23.7 Å². The van der Waals surface area contributed by atoms with Gasteiger partial charge in [-0.1, -0.05) is 6.07 Å². The lowest BCUT2D eigenvalue weighted by molar-refractivity contribution is -0.137. The molecule has 23 heavy (non-hydrogen) atoms. The highest BCUT2D eigenvalue weighted by atomic mass is 19.4. The molecule has 0 saturated carbocycles. The molecule has 0 bridgehead atoms. The van der Waals surface area contributed by atoms with E-state index in [0.717, 1.165) is 17.0 Å². The van der Waals surface area contributed by atoms with E-state index in [-0.39, 0.29) is 5.56 Å². The Bertz CT molecular complexity index is 749. The lowest BCUT2D eigenvalue weighted by Crippen LogP contribution is -2.25. The molecule has 0 radical (unpaired) electrons. The zero-order valence-electron chi connectivity index (χ0n) is 12.0. The summed E-state index contributed by atoms with van der Waals surface area (Å²) in [5.74, 6) is 2.52. The fraction of sp³-hybridized carbons (Fsp3) is 0.125. The smallest absolute Gasteiger partial charge is 0.426 e. The first-order chi connectivity index (χ1) is 10.9. The summed E-state index contributed by atoms with van der Waals surface area (Å²) in [5.41, 5.74) is -0.341. The molecule has 2 rings (SSSR count). The van der Waals surface area contributed by atoms with Gasteiger partial charge >= 0.3 is 12.3 Å². The molecule has 7 heteroatoms. The van der Waals surface area contributed by atoms with Crippen molar-refractivity contribution in [2.45, 2.75) is 6.18 Å². The van der Waals surface area contributed by atoms with Gasteiger partial charge in [0.2, 0.25) is 0 Å². The number of aromatic nitrogens is 1. The minimum atomic E-state index is -4.46. The molecule has 1 amide bonds. The van der Waals surface area contributed by atoms with Gasteiger partial charge in [0.05, 0.1) is 24.6 Å². The lowest BCUT2D eigenvalue weighted by atomic mass is 10.1. The lowest BCUT2D eigenvalue weighted by Gasteiger charge is -2.13.